The molecule has 4 fully saturated rings. The molecule has 0 radical (unpaired) electrons. The Morgan fingerprint density at radius 3 is 2.46 bits per heavy atom. The van der Waals surface area contributed by atoms with Crippen LogP contribution in [0.25, 0.3) is 0 Å². The molecule has 2 saturated heterocycles. The van der Waals surface area contributed by atoms with Crippen molar-refractivity contribution in [2.45, 2.75) is 48.9 Å². The molecule has 2 unspecified atom stereocenters. The van der Waals surface area contributed by atoms with Gasteiger partial charge in [0.25, 0.3) is 0 Å². The van der Waals surface area contributed by atoms with Crippen molar-refractivity contribution in [2.24, 2.45) is 11.1 Å². The van der Waals surface area contributed by atoms with E-state index in [2.05, 4.69) is 4.72 Å². The lowest BCUT2D eigenvalue weighted by atomic mass is 9.66. The normalized spacial score (nSPS) is 38.2. The monoisotopic (exact) mass is 350 g/mol. The molecule has 2 bridgehead atoms. The number of ether oxygens (including phenoxy) is 1. The zero-order valence-electron chi connectivity index (χ0n) is 13.9. The molecule has 4 aliphatic rings. The van der Waals surface area contributed by atoms with Crippen molar-refractivity contribution in [1.29, 1.82) is 0 Å². The average molecular weight is 350 g/mol. The number of nitrogens with two attached hydrogens (primary N) is 1. The summed E-state index contributed by atoms with van der Waals surface area (Å²) in [5.74, 6) is 0.139. The molecule has 1 aromatic rings. The Labute approximate surface area is 144 Å². The summed E-state index contributed by atoms with van der Waals surface area (Å²) in [5.41, 5.74) is 6.78. The lowest BCUT2D eigenvalue weighted by Gasteiger charge is -2.52. The fourth-order valence-corrected chi connectivity index (χ4v) is 6.02. The highest BCUT2D eigenvalue weighted by molar-refractivity contribution is 7.90. The van der Waals surface area contributed by atoms with Gasteiger partial charge in [-0.3, -0.25) is 0 Å². The molecule has 5 rings (SSSR count). The Kier molecular flexibility index (Phi) is 3.99. The SMILES string of the molecule is NCC12CCC(CNS(=O)(=O)C3CC3c3ccccc3)(CC1)CO2. The minimum absolute atomic E-state index is 0.0406. The van der Waals surface area contributed by atoms with Gasteiger partial charge in [0.2, 0.25) is 10.0 Å². The van der Waals surface area contributed by atoms with Gasteiger partial charge in [0.05, 0.1) is 17.5 Å². The average Bonchev–Trinajstić information content (AvgIpc) is 3.44. The predicted octanol–water partition coefficient (Wildman–Crippen LogP) is 1.75. The number of benzene rings is 1. The smallest absolute Gasteiger partial charge is 0.215 e. The van der Waals surface area contributed by atoms with Crippen LogP contribution < -0.4 is 10.5 Å². The highest BCUT2D eigenvalue weighted by Gasteiger charge is 2.51. The van der Waals surface area contributed by atoms with Crippen LogP contribution >= 0.6 is 0 Å². The fraction of sp³-hybridized carbons (Fsp3) is 0.667. The Bertz CT molecular complexity index is 680. The van der Waals surface area contributed by atoms with Crippen molar-refractivity contribution >= 4 is 10.0 Å². The van der Waals surface area contributed by atoms with Gasteiger partial charge in [-0.1, -0.05) is 30.3 Å². The van der Waals surface area contributed by atoms with Crippen LogP contribution in [0.4, 0.5) is 0 Å². The zero-order valence-corrected chi connectivity index (χ0v) is 14.7. The van der Waals surface area contributed by atoms with Gasteiger partial charge in [-0.15, -0.1) is 0 Å². The molecule has 6 heteroatoms. The Hall–Kier alpha value is -0.950. The van der Waals surface area contributed by atoms with Gasteiger partial charge < -0.3 is 10.5 Å². The molecule has 2 saturated carbocycles. The van der Waals surface area contributed by atoms with E-state index in [1.165, 1.54) is 0 Å². The van der Waals surface area contributed by atoms with Crippen molar-refractivity contribution in [2.75, 3.05) is 19.7 Å². The van der Waals surface area contributed by atoms with Gasteiger partial charge in [-0.05, 0) is 37.7 Å². The highest BCUT2D eigenvalue weighted by Crippen LogP contribution is 2.49. The van der Waals surface area contributed by atoms with Crippen molar-refractivity contribution in [3.05, 3.63) is 35.9 Å². The molecule has 3 N–H and O–H groups in total. The number of sulfonamides is 1. The summed E-state index contributed by atoms with van der Waals surface area (Å²) in [4.78, 5) is 0. The van der Waals surface area contributed by atoms with E-state index in [1.807, 2.05) is 30.3 Å². The van der Waals surface area contributed by atoms with Crippen LogP contribution in [0.3, 0.4) is 0 Å². The summed E-state index contributed by atoms with van der Waals surface area (Å²) >= 11 is 0. The Morgan fingerprint density at radius 1 is 1.17 bits per heavy atom. The van der Waals surface area contributed by atoms with Gasteiger partial charge in [-0.25, -0.2) is 13.1 Å². The largest absolute Gasteiger partial charge is 0.373 e. The summed E-state index contributed by atoms with van der Waals surface area (Å²) in [5, 5.41) is -0.285. The van der Waals surface area contributed by atoms with Crippen molar-refractivity contribution < 1.29 is 13.2 Å². The standard InChI is InChI=1S/C18H26N2O3S/c19-11-18-8-6-17(7-9-18,13-23-18)12-20-24(21,22)16-10-15(16)14-4-2-1-3-5-14/h1-5,15-16,20H,6-13,19H2. The number of hydrogen-bond acceptors (Lipinski definition) is 4. The fourth-order valence-electron chi connectivity index (χ4n) is 4.25. The van der Waals surface area contributed by atoms with Crippen LogP contribution in [0.1, 0.15) is 43.6 Å². The minimum Gasteiger partial charge on any atom is -0.373 e. The van der Waals surface area contributed by atoms with E-state index in [0.717, 1.165) is 37.7 Å². The lowest BCUT2D eigenvalue weighted by molar-refractivity contribution is -0.175. The molecule has 24 heavy (non-hydrogen) atoms. The second-order valence-corrected chi connectivity index (χ2v) is 9.82. The predicted molar refractivity (Wildman–Crippen MR) is 93.1 cm³/mol. The molecule has 2 aliphatic carbocycles. The van der Waals surface area contributed by atoms with Crippen LogP contribution in [0.2, 0.25) is 0 Å². The number of nitrogens with one attached hydrogen (secondary N) is 1. The van der Waals surface area contributed by atoms with Gasteiger partial charge >= 0.3 is 0 Å². The minimum atomic E-state index is -3.27. The first kappa shape index (κ1) is 16.5. The van der Waals surface area contributed by atoms with Crippen LogP contribution in [-0.2, 0) is 14.8 Å². The van der Waals surface area contributed by atoms with Crippen molar-refractivity contribution in [3.63, 3.8) is 0 Å². The summed E-state index contributed by atoms with van der Waals surface area (Å²) in [6, 6.07) is 9.92. The first-order valence-corrected chi connectivity index (χ1v) is 10.4. The molecular formula is C18H26N2O3S. The molecule has 2 atom stereocenters. The van der Waals surface area contributed by atoms with Crippen LogP contribution in [0, 0.1) is 5.41 Å². The first-order chi connectivity index (χ1) is 11.5. The molecular weight excluding hydrogens is 324 g/mol. The maximum atomic E-state index is 12.6. The van der Waals surface area contributed by atoms with E-state index >= 15 is 0 Å². The van der Waals surface area contributed by atoms with E-state index in [1.54, 1.807) is 0 Å². The van der Waals surface area contributed by atoms with Crippen molar-refractivity contribution in [1.82, 2.24) is 4.72 Å². The zero-order chi connectivity index (χ0) is 16.8. The van der Waals surface area contributed by atoms with Gasteiger partial charge in [-0.2, -0.15) is 0 Å². The third kappa shape index (κ3) is 2.90. The number of hydrogen-bond donors (Lipinski definition) is 2. The van der Waals surface area contributed by atoms with Crippen molar-refractivity contribution in [3.8, 4) is 0 Å². The molecule has 0 amide bonds. The maximum Gasteiger partial charge on any atom is 0.215 e. The molecule has 5 nitrogen and oxygen atoms in total. The highest BCUT2D eigenvalue weighted by atomic mass is 32.2. The second-order valence-electron chi connectivity index (χ2n) is 7.83. The lowest BCUT2D eigenvalue weighted by Crippen LogP contribution is -2.57. The molecule has 0 aromatic heterocycles. The first-order valence-electron chi connectivity index (χ1n) is 8.85. The van der Waals surface area contributed by atoms with Gasteiger partial charge in [0, 0.05) is 24.4 Å². The number of rotatable bonds is 6. The third-order valence-electron chi connectivity index (χ3n) is 6.28. The van der Waals surface area contributed by atoms with Crippen LogP contribution in [0.15, 0.2) is 30.3 Å². The van der Waals surface area contributed by atoms with Crippen LogP contribution in [-0.4, -0.2) is 39.0 Å². The Morgan fingerprint density at radius 2 is 1.88 bits per heavy atom. The summed E-state index contributed by atoms with van der Waals surface area (Å²) in [7, 11) is -3.27. The summed E-state index contributed by atoms with van der Waals surface area (Å²) in [6.07, 6.45) is 4.61. The quantitative estimate of drug-likeness (QED) is 0.819. The molecule has 0 spiro atoms. The Balaban J connectivity index is 1.37. The summed E-state index contributed by atoms with van der Waals surface area (Å²) < 4.78 is 34.2. The topological polar surface area (TPSA) is 81.4 Å². The molecule has 2 heterocycles. The summed E-state index contributed by atoms with van der Waals surface area (Å²) in [6.45, 7) is 1.68. The van der Waals surface area contributed by atoms with E-state index in [-0.39, 0.29) is 22.2 Å². The molecule has 2 aliphatic heterocycles. The molecule has 1 aromatic carbocycles. The second kappa shape index (κ2) is 5.80. The number of fused-ring (bicyclic) bond motifs is 3. The van der Waals surface area contributed by atoms with E-state index in [4.69, 9.17) is 10.5 Å². The van der Waals surface area contributed by atoms with Crippen LogP contribution in [0.5, 0.6) is 0 Å². The van der Waals surface area contributed by atoms with Gasteiger partial charge in [0.15, 0.2) is 0 Å². The molecule has 132 valence electrons. The van der Waals surface area contributed by atoms with Gasteiger partial charge in [0.1, 0.15) is 0 Å². The van der Waals surface area contributed by atoms with E-state index in [0.29, 0.717) is 19.7 Å². The third-order valence-corrected chi connectivity index (χ3v) is 8.15. The van der Waals surface area contributed by atoms with E-state index < -0.39 is 10.0 Å². The maximum absolute atomic E-state index is 12.6. The van der Waals surface area contributed by atoms with E-state index in [9.17, 15) is 8.42 Å².